The van der Waals surface area contributed by atoms with Crippen LogP contribution >= 0.6 is 0 Å². The Morgan fingerprint density at radius 3 is 2.48 bits per heavy atom. The van der Waals surface area contributed by atoms with Crippen molar-refractivity contribution in [2.24, 2.45) is 0 Å². The van der Waals surface area contributed by atoms with Gasteiger partial charge in [0.25, 0.3) is 0 Å². The van der Waals surface area contributed by atoms with Crippen LogP contribution < -0.4 is 4.90 Å². The molecule has 21 heavy (non-hydrogen) atoms. The highest BCUT2D eigenvalue weighted by molar-refractivity contribution is 5.96. The van der Waals surface area contributed by atoms with Gasteiger partial charge in [0.15, 0.2) is 5.78 Å². The Kier molecular flexibility index (Phi) is 5.09. The number of anilines is 1. The van der Waals surface area contributed by atoms with E-state index in [0.717, 1.165) is 23.4 Å². The SMILES string of the molecule is CCN(CCC(=O)c1ccc(C)cc1)c1cccc(F)c1. The lowest BCUT2D eigenvalue weighted by Crippen LogP contribution is -2.25. The number of hydrogen-bond acceptors (Lipinski definition) is 2. The fourth-order valence-corrected chi connectivity index (χ4v) is 2.26. The summed E-state index contributed by atoms with van der Waals surface area (Å²) in [6.45, 7) is 5.33. The van der Waals surface area contributed by atoms with Crippen molar-refractivity contribution >= 4 is 11.5 Å². The molecule has 0 aliphatic rings. The Bertz CT molecular complexity index is 607. The van der Waals surface area contributed by atoms with Crippen LogP contribution in [0.4, 0.5) is 10.1 Å². The van der Waals surface area contributed by atoms with Gasteiger partial charge < -0.3 is 4.90 Å². The van der Waals surface area contributed by atoms with Gasteiger partial charge in [0.1, 0.15) is 5.82 Å². The molecule has 110 valence electrons. The lowest BCUT2D eigenvalue weighted by atomic mass is 10.1. The fraction of sp³-hybridized carbons (Fsp3) is 0.278. The van der Waals surface area contributed by atoms with Crippen LogP contribution in [0.5, 0.6) is 0 Å². The van der Waals surface area contributed by atoms with Crippen LogP contribution in [0.1, 0.15) is 29.3 Å². The molecule has 0 amide bonds. The number of rotatable bonds is 6. The summed E-state index contributed by atoms with van der Waals surface area (Å²) in [6.07, 6.45) is 0.424. The minimum atomic E-state index is -0.254. The smallest absolute Gasteiger partial charge is 0.164 e. The first-order chi connectivity index (χ1) is 10.1. The highest BCUT2D eigenvalue weighted by Crippen LogP contribution is 2.16. The van der Waals surface area contributed by atoms with Gasteiger partial charge in [-0.25, -0.2) is 4.39 Å². The molecule has 0 atom stereocenters. The molecular weight excluding hydrogens is 265 g/mol. The molecule has 0 aromatic heterocycles. The van der Waals surface area contributed by atoms with E-state index in [9.17, 15) is 9.18 Å². The maximum absolute atomic E-state index is 13.3. The first kappa shape index (κ1) is 15.2. The number of nitrogens with zero attached hydrogens (tertiary/aromatic N) is 1. The van der Waals surface area contributed by atoms with E-state index in [0.29, 0.717) is 13.0 Å². The van der Waals surface area contributed by atoms with Gasteiger partial charge >= 0.3 is 0 Å². The molecule has 2 aromatic carbocycles. The van der Waals surface area contributed by atoms with Crippen LogP contribution in [0.2, 0.25) is 0 Å². The van der Waals surface area contributed by atoms with Gasteiger partial charge in [-0.1, -0.05) is 35.9 Å². The van der Waals surface area contributed by atoms with Gasteiger partial charge in [-0.2, -0.15) is 0 Å². The highest BCUT2D eigenvalue weighted by atomic mass is 19.1. The number of carbonyl (C=O) groups is 1. The van der Waals surface area contributed by atoms with Gasteiger partial charge in [0.05, 0.1) is 0 Å². The zero-order valence-corrected chi connectivity index (χ0v) is 12.5. The average molecular weight is 285 g/mol. The van der Waals surface area contributed by atoms with Gasteiger partial charge in [-0.15, -0.1) is 0 Å². The van der Waals surface area contributed by atoms with Crippen LogP contribution in [-0.2, 0) is 0 Å². The number of ketones is 1. The Morgan fingerprint density at radius 1 is 1.14 bits per heavy atom. The van der Waals surface area contributed by atoms with E-state index in [2.05, 4.69) is 0 Å². The summed E-state index contributed by atoms with van der Waals surface area (Å²) < 4.78 is 13.3. The molecule has 2 rings (SSSR count). The molecule has 0 saturated heterocycles. The monoisotopic (exact) mass is 285 g/mol. The quantitative estimate of drug-likeness (QED) is 0.740. The van der Waals surface area contributed by atoms with E-state index in [1.54, 1.807) is 6.07 Å². The number of hydrogen-bond donors (Lipinski definition) is 0. The van der Waals surface area contributed by atoms with Crippen molar-refractivity contribution in [2.45, 2.75) is 20.3 Å². The summed E-state index contributed by atoms with van der Waals surface area (Å²) in [7, 11) is 0. The molecule has 0 N–H and O–H groups in total. The molecule has 0 bridgehead atoms. The summed E-state index contributed by atoms with van der Waals surface area (Å²) in [5.74, 6) is -0.138. The van der Waals surface area contributed by atoms with Gasteiger partial charge in [0.2, 0.25) is 0 Å². The van der Waals surface area contributed by atoms with Crippen molar-refractivity contribution in [2.75, 3.05) is 18.0 Å². The second-order valence-electron chi connectivity index (χ2n) is 5.10. The minimum Gasteiger partial charge on any atom is -0.371 e. The Labute approximate surface area is 125 Å². The molecule has 0 saturated carbocycles. The first-order valence-electron chi connectivity index (χ1n) is 7.20. The molecule has 2 aromatic rings. The predicted octanol–water partition coefficient (Wildman–Crippen LogP) is 4.23. The van der Waals surface area contributed by atoms with Crippen LogP contribution in [0, 0.1) is 12.7 Å². The third kappa shape index (κ3) is 4.15. The van der Waals surface area contributed by atoms with Gasteiger partial charge in [-0.05, 0) is 32.0 Å². The van der Waals surface area contributed by atoms with E-state index in [1.807, 2.05) is 49.1 Å². The summed E-state index contributed by atoms with van der Waals surface area (Å²) in [6, 6.07) is 14.1. The molecule has 0 unspecified atom stereocenters. The lowest BCUT2D eigenvalue weighted by molar-refractivity contribution is 0.0984. The maximum Gasteiger partial charge on any atom is 0.164 e. The Hall–Kier alpha value is -2.16. The number of carbonyl (C=O) groups excluding carboxylic acids is 1. The third-order valence-corrected chi connectivity index (χ3v) is 3.54. The van der Waals surface area contributed by atoms with Crippen molar-refractivity contribution in [1.82, 2.24) is 0 Å². The topological polar surface area (TPSA) is 20.3 Å². The van der Waals surface area contributed by atoms with Crippen molar-refractivity contribution in [3.8, 4) is 0 Å². The molecule has 0 aliphatic heterocycles. The predicted molar refractivity (Wildman–Crippen MR) is 84.4 cm³/mol. The Morgan fingerprint density at radius 2 is 1.86 bits per heavy atom. The second kappa shape index (κ2) is 7.02. The summed E-state index contributed by atoms with van der Waals surface area (Å²) in [5, 5.41) is 0. The lowest BCUT2D eigenvalue weighted by Gasteiger charge is -2.22. The summed E-state index contributed by atoms with van der Waals surface area (Å²) >= 11 is 0. The largest absolute Gasteiger partial charge is 0.371 e. The van der Waals surface area contributed by atoms with Crippen LogP contribution in [0.25, 0.3) is 0 Å². The van der Waals surface area contributed by atoms with Crippen LogP contribution in [-0.4, -0.2) is 18.9 Å². The Balaban J connectivity index is 2.00. The van der Waals surface area contributed by atoms with Crippen molar-refractivity contribution in [3.05, 3.63) is 65.5 Å². The molecule has 2 nitrogen and oxygen atoms in total. The first-order valence-corrected chi connectivity index (χ1v) is 7.20. The normalized spacial score (nSPS) is 10.4. The van der Waals surface area contributed by atoms with E-state index in [1.165, 1.54) is 12.1 Å². The maximum atomic E-state index is 13.3. The molecule has 0 fully saturated rings. The molecule has 0 aliphatic carbocycles. The number of Topliss-reactive ketones (excluding diaryl/α,β-unsaturated/α-hetero) is 1. The van der Waals surface area contributed by atoms with E-state index in [-0.39, 0.29) is 11.6 Å². The van der Waals surface area contributed by atoms with Crippen molar-refractivity contribution in [3.63, 3.8) is 0 Å². The molecule has 0 heterocycles. The van der Waals surface area contributed by atoms with Crippen molar-refractivity contribution in [1.29, 1.82) is 0 Å². The zero-order chi connectivity index (χ0) is 15.2. The van der Waals surface area contributed by atoms with Crippen LogP contribution in [0.15, 0.2) is 48.5 Å². The van der Waals surface area contributed by atoms with Gasteiger partial charge in [-0.3, -0.25) is 4.79 Å². The average Bonchev–Trinajstić information content (AvgIpc) is 2.48. The van der Waals surface area contributed by atoms with E-state index in [4.69, 9.17) is 0 Å². The second-order valence-corrected chi connectivity index (χ2v) is 5.10. The third-order valence-electron chi connectivity index (χ3n) is 3.54. The molecule has 3 heteroatoms. The molecule has 0 spiro atoms. The molecular formula is C18H20FNO. The number of aryl methyl sites for hydroxylation is 1. The number of benzene rings is 2. The van der Waals surface area contributed by atoms with Gasteiger partial charge in [0, 0.05) is 30.8 Å². The minimum absolute atomic E-state index is 0.116. The zero-order valence-electron chi connectivity index (χ0n) is 12.5. The van der Waals surface area contributed by atoms with Crippen LogP contribution in [0.3, 0.4) is 0 Å². The fourth-order valence-electron chi connectivity index (χ4n) is 2.26. The molecule has 0 radical (unpaired) electrons. The van der Waals surface area contributed by atoms with Crippen molar-refractivity contribution < 1.29 is 9.18 Å². The summed E-state index contributed by atoms with van der Waals surface area (Å²) in [4.78, 5) is 14.2. The van der Waals surface area contributed by atoms with E-state index >= 15 is 0 Å². The highest BCUT2D eigenvalue weighted by Gasteiger charge is 2.10. The standard InChI is InChI=1S/C18H20FNO/c1-3-20(17-6-4-5-16(19)13-17)12-11-18(21)15-9-7-14(2)8-10-15/h4-10,13H,3,11-12H2,1-2H3. The number of halogens is 1. The summed E-state index contributed by atoms with van der Waals surface area (Å²) in [5.41, 5.74) is 2.69. The van der Waals surface area contributed by atoms with E-state index < -0.39 is 0 Å².